The Kier molecular flexibility index (Phi) is 5.59. The molecule has 1 aromatic carbocycles. The summed E-state index contributed by atoms with van der Waals surface area (Å²) in [6.07, 6.45) is 1.66. The molecule has 138 valence electrons. The van der Waals surface area contributed by atoms with E-state index in [1.54, 1.807) is 41.6 Å². The number of rotatable bonds is 4. The number of hydrogen-bond acceptors (Lipinski definition) is 2. The normalized spacial score (nSPS) is 18.0. The van der Waals surface area contributed by atoms with E-state index >= 15 is 0 Å². The van der Waals surface area contributed by atoms with Crippen LogP contribution < -0.4 is 0 Å². The maximum atomic E-state index is 13.1. The molecule has 1 fully saturated rings. The van der Waals surface area contributed by atoms with Gasteiger partial charge in [0.25, 0.3) is 5.91 Å². The molecule has 2 aromatic rings. The van der Waals surface area contributed by atoms with Gasteiger partial charge in [0.05, 0.1) is 11.1 Å². The van der Waals surface area contributed by atoms with Crippen LogP contribution in [0.25, 0.3) is 0 Å². The van der Waals surface area contributed by atoms with Crippen LogP contribution in [0.5, 0.6) is 0 Å². The second kappa shape index (κ2) is 7.89. The molecule has 26 heavy (non-hydrogen) atoms. The van der Waals surface area contributed by atoms with E-state index in [2.05, 4.69) is 4.98 Å². The molecule has 1 saturated heterocycles. The van der Waals surface area contributed by atoms with Crippen molar-refractivity contribution < 1.29 is 18.0 Å². The monoisotopic (exact) mass is 362 g/mol. The first-order valence-electron chi connectivity index (χ1n) is 8.79. The summed E-state index contributed by atoms with van der Waals surface area (Å²) in [4.78, 5) is 18.3. The van der Waals surface area contributed by atoms with Crippen LogP contribution in [0.2, 0.25) is 0 Å². The Morgan fingerprint density at radius 1 is 1.19 bits per heavy atom. The second-order valence-corrected chi connectivity index (χ2v) is 6.69. The van der Waals surface area contributed by atoms with Crippen molar-refractivity contribution in [1.29, 1.82) is 0 Å². The molecular weight excluding hydrogens is 341 g/mol. The zero-order valence-electron chi connectivity index (χ0n) is 14.4. The number of likely N-dealkylation sites (tertiary alicyclic amines) is 1. The van der Waals surface area contributed by atoms with Crippen LogP contribution in [0.3, 0.4) is 0 Å². The molecule has 1 aliphatic rings. The van der Waals surface area contributed by atoms with Gasteiger partial charge in [-0.2, -0.15) is 13.2 Å². The third-order valence-electron chi connectivity index (χ3n) is 4.86. The van der Waals surface area contributed by atoms with Crippen molar-refractivity contribution in [3.05, 3.63) is 65.5 Å². The summed E-state index contributed by atoms with van der Waals surface area (Å²) < 4.78 is 39.3. The Balaban J connectivity index is 1.62. The van der Waals surface area contributed by atoms with E-state index < -0.39 is 11.7 Å². The molecule has 1 amide bonds. The number of nitrogens with zero attached hydrogens (tertiary/aromatic N) is 2. The van der Waals surface area contributed by atoms with E-state index in [0.29, 0.717) is 37.1 Å². The molecule has 6 heteroatoms. The summed E-state index contributed by atoms with van der Waals surface area (Å²) >= 11 is 0. The fourth-order valence-electron chi connectivity index (χ4n) is 3.53. The molecule has 0 aliphatic carbocycles. The summed E-state index contributed by atoms with van der Waals surface area (Å²) in [5.41, 5.74) is 0.324. The lowest BCUT2D eigenvalue weighted by molar-refractivity contribution is -0.138. The fourth-order valence-corrected chi connectivity index (χ4v) is 3.53. The number of halogens is 3. The molecule has 1 unspecified atom stereocenters. The molecule has 0 spiro atoms. The molecule has 0 saturated carbocycles. The lowest BCUT2D eigenvalue weighted by atomic mass is 9.90. The Labute approximate surface area is 150 Å². The highest BCUT2D eigenvalue weighted by atomic mass is 19.4. The molecular formula is C20H21F3N2O. The fraction of sp³-hybridized carbons (Fsp3) is 0.400. The minimum atomic E-state index is -4.33. The summed E-state index contributed by atoms with van der Waals surface area (Å²) in [7, 11) is 0. The molecule has 2 heterocycles. The van der Waals surface area contributed by atoms with Crippen molar-refractivity contribution in [3.8, 4) is 0 Å². The smallest absolute Gasteiger partial charge is 0.338 e. The summed E-state index contributed by atoms with van der Waals surface area (Å²) in [6, 6.07) is 9.20. The van der Waals surface area contributed by atoms with Crippen molar-refractivity contribution in [2.45, 2.75) is 31.9 Å². The van der Waals surface area contributed by atoms with Gasteiger partial charge >= 0.3 is 6.18 Å². The van der Waals surface area contributed by atoms with Crippen LogP contribution in [0.15, 0.2) is 48.8 Å². The third-order valence-corrected chi connectivity index (χ3v) is 4.86. The molecule has 1 aliphatic heterocycles. The molecule has 1 atom stereocenters. The largest absolute Gasteiger partial charge is 0.416 e. The molecule has 0 bridgehead atoms. The van der Waals surface area contributed by atoms with E-state index in [9.17, 15) is 18.0 Å². The first-order valence-corrected chi connectivity index (χ1v) is 8.79. The van der Waals surface area contributed by atoms with Gasteiger partial charge in [0.15, 0.2) is 0 Å². The van der Waals surface area contributed by atoms with Crippen molar-refractivity contribution in [2.24, 2.45) is 5.92 Å². The second-order valence-electron chi connectivity index (χ2n) is 6.69. The van der Waals surface area contributed by atoms with Gasteiger partial charge in [-0.05, 0) is 55.4 Å². The van der Waals surface area contributed by atoms with Gasteiger partial charge in [0.1, 0.15) is 0 Å². The lowest BCUT2D eigenvalue weighted by Gasteiger charge is -2.33. The number of carbonyl (C=O) groups excluding carboxylic acids is 1. The number of amides is 1. The first kappa shape index (κ1) is 18.4. The first-order chi connectivity index (χ1) is 12.4. The average Bonchev–Trinajstić information content (AvgIpc) is 2.66. The van der Waals surface area contributed by atoms with Crippen LogP contribution >= 0.6 is 0 Å². The SMILES string of the molecule is O=C(c1cccnc1)N1CCCC(CCc2ccccc2C(F)(F)F)C1. The number of benzene rings is 1. The molecule has 0 N–H and O–H groups in total. The summed E-state index contributed by atoms with van der Waals surface area (Å²) in [5, 5.41) is 0. The topological polar surface area (TPSA) is 33.2 Å². The number of pyridine rings is 1. The number of piperidine rings is 1. The van der Waals surface area contributed by atoms with Crippen LogP contribution in [0.4, 0.5) is 13.2 Å². The van der Waals surface area contributed by atoms with Gasteiger partial charge < -0.3 is 4.90 Å². The Morgan fingerprint density at radius 2 is 2.00 bits per heavy atom. The number of aryl methyl sites for hydroxylation is 1. The molecule has 0 radical (unpaired) electrons. The number of alkyl halides is 3. The van der Waals surface area contributed by atoms with Gasteiger partial charge in [-0.3, -0.25) is 9.78 Å². The van der Waals surface area contributed by atoms with Crippen LogP contribution in [0.1, 0.15) is 40.7 Å². The highest BCUT2D eigenvalue weighted by Crippen LogP contribution is 2.33. The van der Waals surface area contributed by atoms with E-state index in [-0.39, 0.29) is 11.8 Å². The van der Waals surface area contributed by atoms with E-state index in [1.165, 1.54) is 6.07 Å². The maximum Gasteiger partial charge on any atom is 0.416 e. The Bertz CT molecular complexity index is 746. The van der Waals surface area contributed by atoms with Gasteiger partial charge in [0, 0.05) is 25.5 Å². The van der Waals surface area contributed by atoms with E-state index in [1.807, 2.05) is 0 Å². The van der Waals surface area contributed by atoms with Crippen LogP contribution in [-0.4, -0.2) is 28.9 Å². The van der Waals surface area contributed by atoms with E-state index in [4.69, 9.17) is 0 Å². The van der Waals surface area contributed by atoms with Gasteiger partial charge in [0.2, 0.25) is 0 Å². The standard InChI is InChI=1S/C20H21F3N2O/c21-20(22,23)18-8-2-1-6-16(18)10-9-15-5-4-12-25(14-15)19(26)17-7-3-11-24-13-17/h1-3,6-8,11,13,15H,4-5,9-10,12,14H2. The predicted molar refractivity (Wildman–Crippen MR) is 92.6 cm³/mol. The number of aromatic nitrogens is 1. The predicted octanol–water partition coefficient (Wildman–Crippen LogP) is 4.59. The van der Waals surface area contributed by atoms with Gasteiger partial charge in [-0.15, -0.1) is 0 Å². The number of carbonyl (C=O) groups is 1. The Hall–Kier alpha value is -2.37. The van der Waals surface area contributed by atoms with Crippen molar-refractivity contribution >= 4 is 5.91 Å². The van der Waals surface area contributed by atoms with Gasteiger partial charge in [-0.25, -0.2) is 0 Å². The molecule has 3 nitrogen and oxygen atoms in total. The lowest BCUT2D eigenvalue weighted by Crippen LogP contribution is -2.40. The minimum absolute atomic E-state index is 0.0570. The summed E-state index contributed by atoms with van der Waals surface area (Å²) in [5.74, 6) is 0.157. The molecule has 3 rings (SSSR count). The van der Waals surface area contributed by atoms with Crippen LogP contribution in [-0.2, 0) is 12.6 Å². The zero-order chi connectivity index (χ0) is 18.6. The van der Waals surface area contributed by atoms with Gasteiger partial charge in [-0.1, -0.05) is 18.2 Å². The van der Waals surface area contributed by atoms with Crippen molar-refractivity contribution in [3.63, 3.8) is 0 Å². The van der Waals surface area contributed by atoms with Crippen LogP contribution in [0, 0.1) is 5.92 Å². The minimum Gasteiger partial charge on any atom is -0.338 e. The number of hydrogen-bond donors (Lipinski definition) is 0. The quantitative estimate of drug-likeness (QED) is 0.797. The van der Waals surface area contributed by atoms with Crippen molar-refractivity contribution in [2.75, 3.05) is 13.1 Å². The highest BCUT2D eigenvalue weighted by Gasteiger charge is 2.33. The third kappa shape index (κ3) is 4.42. The highest BCUT2D eigenvalue weighted by molar-refractivity contribution is 5.93. The van der Waals surface area contributed by atoms with E-state index in [0.717, 1.165) is 18.9 Å². The Morgan fingerprint density at radius 3 is 2.73 bits per heavy atom. The summed E-state index contributed by atoms with van der Waals surface area (Å²) in [6.45, 7) is 1.27. The molecule has 1 aromatic heterocycles. The average molecular weight is 362 g/mol. The maximum absolute atomic E-state index is 13.1. The van der Waals surface area contributed by atoms with Crippen molar-refractivity contribution in [1.82, 2.24) is 9.88 Å². The zero-order valence-corrected chi connectivity index (χ0v) is 14.4.